The van der Waals surface area contributed by atoms with Crippen LogP contribution in [0.1, 0.15) is 12.8 Å². The van der Waals surface area contributed by atoms with Crippen LogP contribution < -0.4 is 10.6 Å². The zero-order valence-corrected chi connectivity index (χ0v) is 10.3. The van der Waals surface area contributed by atoms with Crippen molar-refractivity contribution in [1.82, 2.24) is 5.32 Å². The number of hydrogen-bond donors (Lipinski definition) is 2. The molecule has 2 amide bonds. The zero-order valence-electron chi connectivity index (χ0n) is 9.53. The first-order chi connectivity index (χ1) is 8.19. The Labute approximate surface area is 104 Å². The molecule has 0 unspecified atom stereocenters. The molecule has 4 nitrogen and oxygen atoms in total. The van der Waals surface area contributed by atoms with Gasteiger partial charge in [0.25, 0.3) is 0 Å². The van der Waals surface area contributed by atoms with Crippen molar-refractivity contribution in [3.8, 4) is 0 Å². The second-order valence-corrected chi connectivity index (χ2v) is 4.76. The summed E-state index contributed by atoms with van der Waals surface area (Å²) in [7, 11) is 0. The van der Waals surface area contributed by atoms with Crippen molar-refractivity contribution in [2.75, 3.05) is 11.6 Å². The van der Waals surface area contributed by atoms with Gasteiger partial charge in [0, 0.05) is 17.0 Å². The number of carbonyl (C=O) groups is 2. The lowest BCUT2D eigenvalue weighted by atomic mass is 10.2. The van der Waals surface area contributed by atoms with Gasteiger partial charge in [-0.2, -0.15) is 0 Å². The van der Waals surface area contributed by atoms with E-state index in [0.717, 1.165) is 10.6 Å². The van der Waals surface area contributed by atoms with Gasteiger partial charge in [-0.1, -0.05) is 6.07 Å². The Kier molecular flexibility index (Phi) is 3.68. The normalized spacial score (nSPS) is 18.9. The molecule has 0 bridgehead atoms. The van der Waals surface area contributed by atoms with Gasteiger partial charge in [-0.3, -0.25) is 9.59 Å². The highest BCUT2D eigenvalue weighted by Crippen LogP contribution is 2.19. The van der Waals surface area contributed by atoms with Crippen molar-refractivity contribution < 1.29 is 9.59 Å². The summed E-state index contributed by atoms with van der Waals surface area (Å²) in [6.45, 7) is 0. The molecule has 1 heterocycles. The van der Waals surface area contributed by atoms with Crippen LogP contribution >= 0.6 is 11.8 Å². The Morgan fingerprint density at radius 1 is 1.53 bits per heavy atom. The van der Waals surface area contributed by atoms with E-state index in [1.165, 1.54) is 0 Å². The Morgan fingerprint density at radius 3 is 3.00 bits per heavy atom. The van der Waals surface area contributed by atoms with E-state index in [4.69, 9.17) is 0 Å². The number of hydrogen-bond acceptors (Lipinski definition) is 3. The lowest BCUT2D eigenvalue weighted by molar-refractivity contribution is -0.122. The average molecular weight is 250 g/mol. The number of amides is 2. The Hall–Kier alpha value is -1.49. The van der Waals surface area contributed by atoms with Gasteiger partial charge in [0.1, 0.15) is 6.04 Å². The molecular weight excluding hydrogens is 236 g/mol. The molecule has 0 saturated carbocycles. The molecule has 5 heteroatoms. The number of nitrogens with one attached hydrogen (secondary N) is 2. The van der Waals surface area contributed by atoms with Gasteiger partial charge in [-0.05, 0) is 30.9 Å². The summed E-state index contributed by atoms with van der Waals surface area (Å²) < 4.78 is 0. The molecule has 1 aliphatic rings. The van der Waals surface area contributed by atoms with Crippen LogP contribution in [0.5, 0.6) is 0 Å². The SMILES string of the molecule is CSc1cccc(NC(=O)[C@H]2CCC(=O)N2)c1. The molecule has 0 spiro atoms. The lowest BCUT2D eigenvalue weighted by Gasteiger charge is -2.11. The monoisotopic (exact) mass is 250 g/mol. The standard InChI is InChI=1S/C12H14N2O2S/c1-17-9-4-2-3-8(7-9)13-12(16)10-5-6-11(15)14-10/h2-4,7,10H,5-6H2,1H3,(H,13,16)(H,14,15)/t10-/m1/s1. The fourth-order valence-corrected chi connectivity index (χ4v) is 2.20. The van der Waals surface area contributed by atoms with Gasteiger partial charge in [0.05, 0.1) is 0 Å². The Morgan fingerprint density at radius 2 is 2.35 bits per heavy atom. The van der Waals surface area contributed by atoms with Gasteiger partial charge in [0.2, 0.25) is 11.8 Å². The first kappa shape index (κ1) is 12.0. The maximum absolute atomic E-state index is 11.8. The minimum absolute atomic E-state index is 0.0528. The topological polar surface area (TPSA) is 58.2 Å². The van der Waals surface area contributed by atoms with E-state index in [1.807, 2.05) is 30.5 Å². The van der Waals surface area contributed by atoms with Crippen molar-refractivity contribution in [2.45, 2.75) is 23.8 Å². The molecule has 17 heavy (non-hydrogen) atoms. The molecule has 2 rings (SSSR count). The smallest absolute Gasteiger partial charge is 0.246 e. The minimum Gasteiger partial charge on any atom is -0.344 e. The Bertz CT molecular complexity index is 448. The number of rotatable bonds is 3. The summed E-state index contributed by atoms with van der Waals surface area (Å²) in [6.07, 6.45) is 2.99. The molecule has 90 valence electrons. The van der Waals surface area contributed by atoms with Gasteiger partial charge >= 0.3 is 0 Å². The van der Waals surface area contributed by atoms with Crippen LogP contribution in [-0.4, -0.2) is 24.1 Å². The molecule has 0 aromatic heterocycles. The summed E-state index contributed by atoms with van der Waals surface area (Å²) in [6, 6.07) is 7.25. The van der Waals surface area contributed by atoms with Crippen LogP contribution in [-0.2, 0) is 9.59 Å². The van der Waals surface area contributed by atoms with Gasteiger partial charge < -0.3 is 10.6 Å². The summed E-state index contributed by atoms with van der Waals surface area (Å²) >= 11 is 1.62. The average Bonchev–Trinajstić information content (AvgIpc) is 2.76. The van der Waals surface area contributed by atoms with E-state index in [0.29, 0.717) is 12.8 Å². The molecule has 1 aromatic rings. The van der Waals surface area contributed by atoms with E-state index in [9.17, 15) is 9.59 Å². The first-order valence-electron chi connectivity index (χ1n) is 5.43. The highest BCUT2D eigenvalue weighted by atomic mass is 32.2. The van der Waals surface area contributed by atoms with Crippen LogP contribution in [0.15, 0.2) is 29.2 Å². The van der Waals surface area contributed by atoms with Gasteiger partial charge in [-0.25, -0.2) is 0 Å². The van der Waals surface area contributed by atoms with Crippen molar-refractivity contribution >= 4 is 29.3 Å². The third kappa shape index (κ3) is 3.00. The molecular formula is C12H14N2O2S. The van der Waals surface area contributed by atoms with Crippen LogP contribution in [0.2, 0.25) is 0 Å². The maximum Gasteiger partial charge on any atom is 0.246 e. The van der Waals surface area contributed by atoms with Crippen molar-refractivity contribution in [3.63, 3.8) is 0 Å². The minimum atomic E-state index is -0.388. The number of carbonyl (C=O) groups excluding carboxylic acids is 2. The molecule has 1 fully saturated rings. The van der Waals surface area contributed by atoms with E-state index >= 15 is 0 Å². The van der Waals surface area contributed by atoms with Crippen molar-refractivity contribution in [1.29, 1.82) is 0 Å². The van der Waals surface area contributed by atoms with Crippen LogP contribution in [0.3, 0.4) is 0 Å². The zero-order chi connectivity index (χ0) is 12.3. The largest absolute Gasteiger partial charge is 0.344 e. The van der Waals surface area contributed by atoms with E-state index in [-0.39, 0.29) is 17.9 Å². The number of benzene rings is 1. The quantitative estimate of drug-likeness (QED) is 0.802. The van der Waals surface area contributed by atoms with E-state index < -0.39 is 0 Å². The third-order valence-corrected chi connectivity index (χ3v) is 3.37. The van der Waals surface area contributed by atoms with Crippen LogP contribution in [0.25, 0.3) is 0 Å². The highest BCUT2D eigenvalue weighted by Gasteiger charge is 2.26. The molecule has 1 aromatic carbocycles. The summed E-state index contributed by atoms with van der Waals surface area (Å²) in [5.41, 5.74) is 0.767. The highest BCUT2D eigenvalue weighted by molar-refractivity contribution is 7.98. The molecule has 1 aliphatic heterocycles. The molecule has 1 saturated heterocycles. The number of thioether (sulfide) groups is 1. The molecule has 1 atom stereocenters. The number of anilines is 1. The van der Waals surface area contributed by atoms with Gasteiger partial charge in [-0.15, -0.1) is 11.8 Å². The third-order valence-electron chi connectivity index (χ3n) is 2.65. The fraction of sp³-hybridized carbons (Fsp3) is 0.333. The molecule has 0 radical (unpaired) electrons. The lowest BCUT2D eigenvalue weighted by Crippen LogP contribution is -2.37. The first-order valence-corrected chi connectivity index (χ1v) is 6.66. The predicted octanol–water partition coefficient (Wildman–Crippen LogP) is 1.63. The summed E-state index contributed by atoms with van der Waals surface area (Å²) in [4.78, 5) is 23.9. The van der Waals surface area contributed by atoms with E-state index in [2.05, 4.69) is 10.6 Å². The van der Waals surface area contributed by atoms with Crippen molar-refractivity contribution in [3.05, 3.63) is 24.3 Å². The Balaban J connectivity index is 2.00. The molecule has 2 N–H and O–H groups in total. The van der Waals surface area contributed by atoms with Crippen molar-refractivity contribution in [2.24, 2.45) is 0 Å². The summed E-state index contributed by atoms with van der Waals surface area (Å²) in [5, 5.41) is 5.46. The summed E-state index contributed by atoms with van der Waals surface area (Å²) in [5.74, 6) is -0.197. The maximum atomic E-state index is 11.8. The molecule has 0 aliphatic carbocycles. The van der Waals surface area contributed by atoms with E-state index in [1.54, 1.807) is 11.8 Å². The fourth-order valence-electron chi connectivity index (χ4n) is 1.74. The second kappa shape index (κ2) is 5.23. The van der Waals surface area contributed by atoms with Crippen LogP contribution in [0, 0.1) is 0 Å². The second-order valence-electron chi connectivity index (χ2n) is 3.88. The predicted molar refractivity (Wildman–Crippen MR) is 68.0 cm³/mol. The van der Waals surface area contributed by atoms with Gasteiger partial charge in [0.15, 0.2) is 0 Å². The van der Waals surface area contributed by atoms with Crippen LogP contribution in [0.4, 0.5) is 5.69 Å².